The van der Waals surface area contributed by atoms with Gasteiger partial charge in [-0.25, -0.2) is 14.4 Å². The molecule has 0 aliphatic carbocycles. The van der Waals surface area contributed by atoms with Crippen LogP contribution in [0.1, 0.15) is 79.2 Å². The molecule has 286 valence electrons. The number of benzene rings is 2. The highest BCUT2D eigenvalue weighted by Crippen LogP contribution is 2.30. The van der Waals surface area contributed by atoms with E-state index in [0.29, 0.717) is 18.9 Å². The first-order chi connectivity index (χ1) is 25.2. The van der Waals surface area contributed by atoms with Crippen molar-refractivity contribution in [2.24, 2.45) is 17.3 Å². The molecule has 1 aliphatic rings. The van der Waals surface area contributed by atoms with Gasteiger partial charge in [-0.05, 0) is 61.4 Å². The number of amides is 4. The summed E-state index contributed by atoms with van der Waals surface area (Å²) in [4.78, 5) is 74.3. The van der Waals surface area contributed by atoms with Gasteiger partial charge in [0.1, 0.15) is 12.0 Å². The van der Waals surface area contributed by atoms with Crippen LogP contribution in [0.25, 0.3) is 22.5 Å². The van der Waals surface area contributed by atoms with Crippen LogP contribution >= 0.6 is 0 Å². The zero-order valence-electron chi connectivity index (χ0n) is 31.7. The number of aromatic amines is 1. The molecule has 4 amide bonds. The van der Waals surface area contributed by atoms with Crippen LogP contribution < -0.4 is 10.8 Å². The van der Waals surface area contributed by atoms with Gasteiger partial charge in [0.25, 0.3) is 5.91 Å². The Bertz CT molecular complexity index is 1710. The van der Waals surface area contributed by atoms with Crippen molar-refractivity contribution in [2.45, 2.75) is 92.3 Å². The average Bonchev–Trinajstić information content (AvgIpc) is 3.82. The number of carbonyl (C=O) groups is 5. The molecule has 3 aromatic rings. The van der Waals surface area contributed by atoms with Crippen molar-refractivity contribution < 1.29 is 33.5 Å². The number of esters is 1. The lowest BCUT2D eigenvalue weighted by Gasteiger charge is -2.31. The summed E-state index contributed by atoms with van der Waals surface area (Å²) in [7, 11) is 1.26. The maximum atomic E-state index is 14.3. The number of nitrogens with one attached hydrogen (secondary N) is 3. The number of tetrazole rings is 1. The Balaban J connectivity index is 1.51. The average molecular weight is 733 g/mol. The minimum absolute atomic E-state index is 0.0368. The molecule has 15 heteroatoms. The minimum Gasteiger partial charge on any atom is -0.467 e. The van der Waals surface area contributed by atoms with E-state index in [4.69, 9.17) is 9.57 Å². The molecule has 3 atom stereocenters. The third-order valence-corrected chi connectivity index (χ3v) is 9.02. The van der Waals surface area contributed by atoms with Gasteiger partial charge in [-0.3, -0.25) is 9.59 Å². The Labute approximate surface area is 310 Å². The Hall–Kier alpha value is -5.34. The van der Waals surface area contributed by atoms with Gasteiger partial charge in [0.15, 0.2) is 0 Å². The highest BCUT2D eigenvalue weighted by atomic mass is 16.7. The van der Waals surface area contributed by atoms with Gasteiger partial charge in [0.2, 0.25) is 11.7 Å². The molecule has 1 saturated heterocycles. The number of carbonyl (C=O) groups excluding carboxylic acids is 5. The number of hydroxylamine groups is 1. The van der Waals surface area contributed by atoms with Crippen LogP contribution in [0, 0.1) is 17.3 Å². The van der Waals surface area contributed by atoms with E-state index in [9.17, 15) is 24.0 Å². The maximum absolute atomic E-state index is 14.3. The first kappa shape index (κ1) is 40.4. The van der Waals surface area contributed by atoms with Crippen LogP contribution in [0.4, 0.5) is 4.79 Å². The van der Waals surface area contributed by atoms with Gasteiger partial charge >= 0.3 is 18.0 Å². The summed E-state index contributed by atoms with van der Waals surface area (Å²) in [5, 5.41) is 17.3. The molecule has 2 heterocycles. The van der Waals surface area contributed by atoms with Crippen molar-refractivity contribution in [3.8, 4) is 22.5 Å². The minimum atomic E-state index is -1.17. The van der Waals surface area contributed by atoms with E-state index in [1.54, 1.807) is 25.7 Å². The Morgan fingerprint density at radius 1 is 1.00 bits per heavy atom. The van der Waals surface area contributed by atoms with Gasteiger partial charge in [-0.2, -0.15) is 10.7 Å². The molecule has 0 radical (unpaired) electrons. The number of aromatic nitrogens is 4. The first-order valence-electron chi connectivity index (χ1n) is 18.1. The van der Waals surface area contributed by atoms with Gasteiger partial charge in [-0.1, -0.05) is 82.1 Å². The lowest BCUT2D eigenvalue weighted by molar-refractivity contribution is -0.168. The summed E-state index contributed by atoms with van der Waals surface area (Å²) < 4.78 is 5.08. The van der Waals surface area contributed by atoms with E-state index in [1.165, 1.54) is 12.0 Å². The van der Waals surface area contributed by atoms with E-state index in [-0.39, 0.29) is 31.3 Å². The third kappa shape index (κ3) is 10.8. The van der Waals surface area contributed by atoms with E-state index in [0.717, 1.165) is 41.5 Å². The maximum Gasteiger partial charge on any atom is 0.337 e. The van der Waals surface area contributed by atoms with Crippen molar-refractivity contribution in [3.05, 3.63) is 54.1 Å². The Morgan fingerprint density at radius 2 is 1.70 bits per heavy atom. The number of urea groups is 1. The van der Waals surface area contributed by atoms with Gasteiger partial charge in [0, 0.05) is 37.7 Å². The number of methoxy groups -OCH3 is 1. The second-order valence-corrected chi connectivity index (χ2v) is 14.8. The summed E-state index contributed by atoms with van der Waals surface area (Å²) >= 11 is 0. The molecule has 3 N–H and O–H groups in total. The number of ether oxygens (including phenoxy) is 1. The standard InChI is InChI=1S/C38H52N8O7/c1-8-9-12-19-45(22-25-15-17-26(18-16-25)28-13-10-11-14-29(28)32-40-43-44-41-32)37(51)46-23-27(21-31(46)35(49)52-7)39-33(47)30(20-24(2)3)34(48)42-53-36(50)38(4,5)6/h10-11,13-18,24,27,30-31H,8-9,12,19-23H2,1-7H3,(H,39,47)(H,42,48)(H,40,41,43,44)/t27-,30?,31-/m0/s1. The highest BCUT2D eigenvalue weighted by Gasteiger charge is 2.43. The van der Waals surface area contributed by atoms with Crippen LogP contribution in [0.5, 0.6) is 0 Å². The predicted molar refractivity (Wildman–Crippen MR) is 196 cm³/mol. The van der Waals surface area contributed by atoms with Crippen LogP contribution in [0.2, 0.25) is 0 Å². The molecule has 2 aromatic carbocycles. The molecule has 53 heavy (non-hydrogen) atoms. The smallest absolute Gasteiger partial charge is 0.337 e. The third-order valence-electron chi connectivity index (χ3n) is 9.02. The molecule has 1 unspecified atom stereocenters. The molecule has 1 aliphatic heterocycles. The Morgan fingerprint density at radius 3 is 2.30 bits per heavy atom. The fraction of sp³-hybridized carbons (Fsp3) is 0.526. The van der Waals surface area contributed by atoms with Crippen molar-refractivity contribution in [2.75, 3.05) is 20.2 Å². The quantitative estimate of drug-likeness (QED) is 0.0910. The van der Waals surface area contributed by atoms with Crippen molar-refractivity contribution in [1.82, 2.24) is 41.2 Å². The molecule has 1 fully saturated rings. The van der Waals surface area contributed by atoms with Crippen LogP contribution in [-0.4, -0.2) is 92.5 Å². The predicted octanol–water partition coefficient (Wildman–Crippen LogP) is 4.66. The van der Waals surface area contributed by atoms with Gasteiger partial charge in [0.05, 0.1) is 12.5 Å². The molecule has 4 rings (SSSR count). The molecule has 0 bridgehead atoms. The number of hydrogen-bond donors (Lipinski definition) is 3. The van der Waals surface area contributed by atoms with Crippen molar-refractivity contribution in [3.63, 3.8) is 0 Å². The van der Waals surface area contributed by atoms with E-state index in [1.807, 2.05) is 62.4 Å². The topological polar surface area (TPSA) is 189 Å². The monoisotopic (exact) mass is 732 g/mol. The fourth-order valence-corrected chi connectivity index (χ4v) is 6.13. The van der Waals surface area contributed by atoms with Gasteiger partial charge in [-0.15, -0.1) is 10.2 Å². The molecule has 1 aromatic heterocycles. The van der Waals surface area contributed by atoms with Gasteiger partial charge < -0.3 is 24.7 Å². The van der Waals surface area contributed by atoms with Crippen LogP contribution in [0.3, 0.4) is 0 Å². The summed E-state index contributed by atoms with van der Waals surface area (Å²) in [6, 6.07) is 13.7. The Kier molecular flexibility index (Phi) is 14.1. The van der Waals surface area contributed by atoms with Crippen molar-refractivity contribution >= 4 is 29.8 Å². The number of nitrogens with zero attached hydrogens (tertiary/aromatic N) is 5. The van der Waals surface area contributed by atoms with Crippen LogP contribution in [0.15, 0.2) is 48.5 Å². The van der Waals surface area contributed by atoms with Crippen molar-refractivity contribution in [1.29, 1.82) is 0 Å². The van der Waals surface area contributed by atoms with E-state index >= 15 is 0 Å². The second kappa shape index (κ2) is 18.4. The number of hydrogen-bond acceptors (Lipinski definition) is 10. The zero-order chi connectivity index (χ0) is 38.7. The molecular weight excluding hydrogens is 680 g/mol. The largest absolute Gasteiger partial charge is 0.467 e. The number of unbranched alkanes of at least 4 members (excludes halogenated alkanes) is 2. The molecule has 15 nitrogen and oxygen atoms in total. The number of H-pyrrole nitrogens is 1. The summed E-state index contributed by atoms with van der Waals surface area (Å²) in [6.07, 6.45) is 2.93. The lowest BCUT2D eigenvalue weighted by Crippen LogP contribution is -2.49. The first-order valence-corrected chi connectivity index (χ1v) is 18.1. The molecular formula is C38H52N8O7. The zero-order valence-corrected chi connectivity index (χ0v) is 31.7. The molecule has 0 saturated carbocycles. The van der Waals surface area contributed by atoms with E-state index in [2.05, 4.69) is 38.3 Å². The summed E-state index contributed by atoms with van der Waals surface area (Å²) in [5.74, 6) is -3.31. The molecule has 0 spiro atoms. The van der Waals surface area contributed by atoms with E-state index < -0.39 is 47.2 Å². The SMILES string of the molecule is CCCCCN(Cc1ccc(-c2ccccc2-c2nn[nH]n2)cc1)C(=O)N1C[C@@H](NC(=O)C(CC(C)C)C(=O)NOC(=O)C(C)(C)C)C[C@H]1C(=O)OC. The fourth-order valence-electron chi connectivity index (χ4n) is 6.13. The van der Waals surface area contributed by atoms with Crippen LogP contribution in [-0.2, 0) is 35.3 Å². The number of rotatable bonds is 14. The second-order valence-electron chi connectivity index (χ2n) is 14.8. The normalized spacial score (nSPS) is 16.2. The number of likely N-dealkylation sites (tertiary alicyclic amines) is 1. The summed E-state index contributed by atoms with van der Waals surface area (Å²) in [6.45, 7) is 11.5. The summed E-state index contributed by atoms with van der Waals surface area (Å²) in [5.41, 5.74) is 4.88. The highest BCUT2D eigenvalue weighted by molar-refractivity contribution is 6.00. The lowest BCUT2D eigenvalue weighted by atomic mass is 9.95.